The van der Waals surface area contributed by atoms with Crippen molar-refractivity contribution < 1.29 is 4.39 Å². The summed E-state index contributed by atoms with van der Waals surface area (Å²) in [5.41, 5.74) is 3.98. The van der Waals surface area contributed by atoms with Crippen LogP contribution >= 0.6 is 15.9 Å². The second kappa shape index (κ2) is 4.69. The highest BCUT2D eigenvalue weighted by Gasteiger charge is 2.04. The van der Waals surface area contributed by atoms with Crippen LogP contribution < -0.4 is 5.43 Å². The van der Waals surface area contributed by atoms with Crippen LogP contribution in [0.15, 0.2) is 22.7 Å². The second-order valence-electron chi connectivity index (χ2n) is 2.94. The van der Waals surface area contributed by atoms with Crippen molar-refractivity contribution in [2.75, 3.05) is 14.1 Å². The monoisotopic (exact) mass is 246 g/mol. The van der Waals surface area contributed by atoms with E-state index in [-0.39, 0.29) is 5.82 Å². The number of hydrogen-bond acceptors (Lipinski definition) is 2. The zero-order valence-electron chi connectivity index (χ0n) is 7.64. The van der Waals surface area contributed by atoms with E-state index in [1.165, 1.54) is 6.07 Å². The van der Waals surface area contributed by atoms with Crippen LogP contribution in [-0.4, -0.2) is 19.1 Å². The van der Waals surface area contributed by atoms with Crippen molar-refractivity contribution in [3.8, 4) is 0 Å². The molecular formula is C9H12BrFN2. The largest absolute Gasteiger partial charge is 0.251 e. The van der Waals surface area contributed by atoms with E-state index < -0.39 is 0 Å². The first-order valence-corrected chi connectivity index (χ1v) is 4.74. The molecule has 1 N–H and O–H groups in total. The summed E-state index contributed by atoms with van der Waals surface area (Å²) in [6, 6.07) is 5.01. The Hall–Kier alpha value is -0.450. The van der Waals surface area contributed by atoms with Crippen LogP contribution in [0.25, 0.3) is 0 Å². The molecule has 0 aromatic heterocycles. The van der Waals surface area contributed by atoms with Crippen molar-refractivity contribution in [2.45, 2.75) is 6.54 Å². The van der Waals surface area contributed by atoms with Gasteiger partial charge in [0.2, 0.25) is 0 Å². The van der Waals surface area contributed by atoms with Crippen molar-refractivity contribution in [3.63, 3.8) is 0 Å². The van der Waals surface area contributed by atoms with Crippen molar-refractivity contribution in [2.24, 2.45) is 0 Å². The Bertz CT molecular complexity index is 289. The molecule has 1 rings (SSSR count). The van der Waals surface area contributed by atoms with E-state index >= 15 is 0 Å². The van der Waals surface area contributed by atoms with E-state index in [1.807, 2.05) is 25.2 Å². The molecule has 2 nitrogen and oxygen atoms in total. The Morgan fingerprint density at radius 1 is 1.46 bits per heavy atom. The quantitative estimate of drug-likeness (QED) is 0.823. The highest BCUT2D eigenvalue weighted by Crippen LogP contribution is 2.19. The van der Waals surface area contributed by atoms with Crippen molar-refractivity contribution in [1.82, 2.24) is 10.4 Å². The molecule has 13 heavy (non-hydrogen) atoms. The van der Waals surface area contributed by atoms with E-state index in [1.54, 1.807) is 6.07 Å². The molecule has 0 saturated heterocycles. The minimum Gasteiger partial charge on any atom is -0.251 e. The lowest BCUT2D eigenvalue weighted by Crippen LogP contribution is -2.29. The number of nitrogens with one attached hydrogen (secondary N) is 1. The van der Waals surface area contributed by atoms with Crippen LogP contribution in [-0.2, 0) is 6.54 Å². The van der Waals surface area contributed by atoms with Gasteiger partial charge in [-0.3, -0.25) is 10.4 Å². The molecule has 0 aliphatic heterocycles. The van der Waals surface area contributed by atoms with Gasteiger partial charge in [-0.15, -0.1) is 0 Å². The summed E-state index contributed by atoms with van der Waals surface area (Å²) >= 11 is 3.20. The normalized spacial score (nSPS) is 10.8. The van der Waals surface area contributed by atoms with Gasteiger partial charge in [-0.05, 0) is 27.6 Å². The van der Waals surface area contributed by atoms with Crippen molar-refractivity contribution >= 4 is 15.9 Å². The number of hydrogen-bond donors (Lipinski definition) is 1. The smallest absolute Gasteiger partial charge is 0.137 e. The van der Waals surface area contributed by atoms with Crippen molar-refractivity contribution in [3.05, 3.63) is 34.1 Å². The molecule has 0 radical (unpaired) electrons. The summed E-state index contributed by atoms with van der Waals surface area (Å²) in [7, 11) is 3.79. The SMILES string of the molecule is CN(C)NCc1cccc(F)c1Br. The number of halogens is 2. The zero-order valence-corrected chi connectivity index (χ0v) is 9.23. The van der Waals surface area contributed by atoms with Crippen LogP contribution in [0.1, 0.15) is 5.56 Å². The minimum absolute atomic E-state index is 0.224. The molecule has 0 bridgehead atoms. The lowest BCUT2D eigenvalue weighted by Gasteiger charge is -2.12. The maximum absolute atomic E-state index is 13.0. The van der Waals surface area contributed by atoms with Crippen LogP contribution in [0.4, 0.5) is 4.39 Å². The fourth-order valence-electron chi connectivity index (χ4n) is 0.928. The van der Waals surface area contributed by atoms with Gasteiger partial charge in [0.05, 0.1) is 4.47 Å². The molecule has 0 spiro atoms. The molecule has 0 atom stereocenters. The molecular weight excluding hydrogens is 235 g/mol. The first-order valence-electron chi connectivity index (χ1n) is 3.95. The van der Waals surface area contributed by atoms with Gasteiger partial charge in [-0.2, -0.15) is 0 Å². The summed E-state index contributed by atoms with van der Waals surface area (Å²) < 4.78 is 13.5. The average Bonchev–Trinajstić information content (AvgIpc) is 2.07. The molecule has 0 aliphatic rings. The molecule has 4 heteroatoms. The van der Waals surface area contributed by atoms with Crippen LogP contribution in [0.5, 0.6) is 0 Å². The van der Waals surface area contributed by atoms with Gasteiger partial charge in [0.15, 0.2) is 0 Å². The number of benzene rings is 1. The third-order valence-electron chi connectivity index (χ3n) is 1.62. The Balaban J connectivity index is 2.71. The molecule has 0 aliphatic carbocycles. The van der Waals surface area contributed by atoms with Gasteiger partial charge in [0, 0.05) is 20.6 Å². The summed E-state index contributed by atoms with van der Waals surface area (Å²) in [5, 5.41) is 1.83. The maximum atomic E-state index is 13.0. The average molecular weight is 247 g/mol. The first-order chi connectivity index (χ1) is 6.11. The van der Waals surface area contributed by atoms with Crippen LogP contribution in [0.3, 0.4) is 0 Å². The van der Waals surface area contributed by atoms with Gasteiger partial charge in [-0.1, -0.05) is 12.1 Å². The third-order valence-corrected chi connectivity index (χ3v) is 2.51. The van der Waals surface area contributed by atoms with E-state index in [9.17, 15) is 4.39 Å². The van der Waals surface area contributed by atoms with Gasteiger partial charge < -0.3 is 0 Å². The van der Waals surface area contributed by atoms with Crippen LogP contribution in [0.2, 0.25) is 0 Å². The number of hydrazine groups is 1. The Kier molecular flexibility index (Phi) is 3.84. The fourth-order valence-corrected chi connectivity index (χ4v) is 1.33. The Morgan fingerprint density at radius 3 is 2.77 bits per heavy atom. The summed E-state index contributed by atoms with van der Waals surface area (Å²) in [5.74, 6) is -0.224. The topological polar surface area (TPSA) is 15.3 Å². The number of rotatable bonds is 3. The molecule has 0 heterocycles. The molecule has 72 valence electrons. The first kappa shape index (κ1) is 10.6. The van der Waals surface area contributed by atoms with Gasteiger partial charge >= 0.3 is 0 Å². The van der Waals surface area contributed by atoms with Crippen molar-refractivity contribution in [1.29, 1.82) is 0 Å². The van der Waals surface area contributed by atoms with E-state index in [2.05, 4.69) is 21.4 Å². The molecule has 0 amide bonds. The molecule has 0 unspecified atom stereocenters. The molecule has 1 aromatic rings. The van der Waals surface area contributed by atoms with Gasteiger partial charge in [0.25, 0.3) is 0 Å². The lowest BCUT2D eigenvalue weighted by atomic mass is 10.2. The third kappa shape index (κ3) is 3.06. The molecule has 0 fully saturated rings. The highest BCUT2D eigenvalue weighted by molar-refractivity contribution is 9.10. The predicted octanol–water partition coefficient (Wildman–Crippen LogP) is 2.15. The highest BCUT2D eigenvalue weighted by atomic mass is 79.9. The molecule has 0 saturated carbocycles. The van der Waals surface area contributed by atoms with Gasteiger partial charge in [-0.25, -0.2) is 4.39 Å². The predicted molar refractivity (Wildman–Crippen MR) is 54.6 cm³/mol. The summed E-state index contributed by atoms with van der Waals surface area (Å²) in [6.45, 7) is 0.616. The number of nitrogens with zero attached hydrogens (tertiary/aromatic N) is 1. The molecule has 1 aromatic carbocycles. The fraction of sp³-hybridized carbons (Fsp3) is 0.333. The summed E-state index contributed by atoms with van der Waals surface area (Å²) in [4.78, 5) is 0. The standard InChI is InChI=1S/C9H12BrFN2/c1-13(2)12-6-7-4-3-5-8(11)9(7)10/h3-5,12H,6H2,1-2H3. The Labute approximate surface area is 85.8 Å². The van der Waals surface area contributed by atoms with E-state index in [4.69, 9.17) is 0 Å². The second-order valence-corrected chi connectivity index (χ2v) is 3.74. The lowest BCUT2D eigenvalue weighted by molar-refractivity contribution is 0.285. The Morgan fingerprint density at radius 2 is 2.15 bits per heavy atom. The van der Waals surface area contributed by atoms with E-state index in [0.717, 1.165) is 5.56 Å². The zero-order chi connectivity index (χ0) is 9.84. The van der Waals surface area contributed by atoms with Crippen LogP contribution in [0, 0.1) is 5.82 Å². The maximum Gasteiger partial charge on any atom is 0.137 e. The minimum atomic E-state index is -0.224. The van der Waals surface area contributed by atoms with E-state index in [0.29, 0.717) is 11.0 Å². The summed E-state index contributed by atoms with van der Waals surface area (Å²) in [6.07, 6.45) is 0. The van der Waals surface area contributed by atoms with Gasteiger partial charge in [0.1, 0.15) is 5.82 Å².